The molecule has 0 bridgehead atoms. The van der Waals surface area contributed by atoms with Gasteiger partial charge in [0.2, 0.25) is 0 Å². The lowest BCUT2D eigenvalue weighted by Crippen LogP contribution is -2.09. The molecule has 1 saturated carbocycles. The monoisotopic (exact) mass is 212 g/mol. The van der Waals surface area contributed by atoms with E-state index in [2.05, 4.69) is 18.9 Å². The van der Waals surface area contributed by atoms with Gasteiger partial charge in [0, 0.05) is 0 Å². The van der Waals surface area contributed by atoms with E-state index in [0.29, 0.717) is 6.04 Å². The van der Waals surface area contributed by atoms with Crippen LogP contribution in [0.25, 0.3) is 0 Å². The second-order valence-electron chi connectivity index (χ2n) is 4.23. The van der Waals surface area contributed by atoms with E-state index in [9.17, 15) is 0 Å². The first kappa shape index (κ1) is 10.0. The van der Waals surface area contributed by atoms with E-state index >= 15 is 0 Å². The quantitative estimate of drug-likeness (QED) is 0.748. The summed E-state index contributed by atoms with van der Waals surface area (Å²) in [5.41, 5.74) is 1.13. The Hall–Kier alpha value is -0.500. The summed E-state index contributed by atoms with van der Waals surface area (Å²) in [7, 11) is 0. The Morgan fingerprint density at radius 1 is 1.64 bits per heavy atom. The van der Waals surface area contributed by atoms with Crippen molar-refractivity contribution in [2.45, 2.75) is 45.6 Å². The molecule has 0 aromatic carbocycles. The van der Waals surface area contributed by atoms with Gasteiger partial charge in [-0.15, -0.1) is 0 Å². The van der Waals surface area contributed by atoms with Crippen LogP contribution in [0.4, 0.5) is 0 Å². The van der Waals surface area contributed by atoms with E-state index in [0.717, 1.165) is 29.6 Å². The highest BCUT2D eigenvalue weighted by atomic mass is 35.5. The first-order valence-corrected chi connectivity index (χ1v) is 5.84. The van der Waals surface area contributed by atoms with Crippen LogP contribution in [0.2, 0.25) is 5.15 Å². The number of hydrogen-bond donors (Lipinski definition) is 0. The van der Waals surface area contributed by atoms with Gasteiger partial charge in [-0.25, -0.2) is 0 Å². The van der Waals surface area contributed by atoms with Crippen LogP contribution in [0.1, 0.15) is 44.8 Å². The smallest absolute Gasteiger partial charge is 0.127 e. The van der Waals surface area contributed by atoms with Crippen molar-refractivity contribution in [2.24, 2.45) is 5.92 Å². The van der Waals surface area contributed by atoms with E-state index in [1.54, 1.807) is 0 Å². The van der Waals surface area contributed by atoms with Crippen molar-refractivity contribution in [3.63, 3.8) is 0 Å². The third-order valence-electron chi connectivity index (χ3n) is 2.94. The molecule has 2 nitrogen and oxygen atoms in total. The molecular weight excluding hydrogens is 196 g/mol. The Labute approximate surface area is 90.3 Å². The molecule has 1 fully saturated rings. The molecule has 1 aromatic rings. The minimum atomic E-state index is 0.480. The van der Waals surface area contributed by atoms with Crippen LogP contribution in [0.5, 0.6) is 0 Å². The number of aryl methyl sites for hydroxylation is 1. The molecule has 1 aliphatic rings. The standard InChI is InChI=1S/C11H17ClN2/c1-3-4-10-7-11(12)14(13-10)8(2)9-5-6-9/h7-9H,3-6H2,1-2H3. The second kappa shape index (κ2) is 3.93. The van der Waals surface area contributed by atoms with Gasteiger partial charge in [0.1, 0.15) is 5.15 Å². The van der Waals surface area contributed by atoms with Crippen LogP contribution in [0, 0.1) is 5.92 Å². The molecule has 1 unspecified atom stereocenters. The number of rotatable bonds is 4. The summed E-state index contributed by atoms with van der Waals surface area (Å²) in [5.74, 6) is 0.807. The maximum absolute atomic E-state index is 6.15. The maximum Gasteiger partial charge on any atom is 0.127 e. The number of halogens is 1. The average molecular weight is 213 g/mol. The summed E-state index contributed by atoms with van der Waals surface area (Å²) >= 11 is 6.15. The lowest BCUT2D eigenvalue weighted by Gasteiger charge is -2.11. The Kier molecular flexibility index (Phi) is 2.82. The molecule has 1 aromatic heterocycles. The van der Waals surface area contributed by atoms with E-state index < -0.39 is 0 Å². The van der Waals surface area contributed by atoms with Gasteiger partial charge in [-0.2, -0.15) is 5.10 Å². The van der Waals surface area contributed by atoms with Gasteiger partial charge in [-0.3, -0.25) is 4.68 Å². The maximum atomic E-state index is 6.15. The highest BCUT2D eigenvalue weighted by Gasteiger charge is 2.30. The van der Waals surface area contributed by atoms with Crippen molar-refractivity contribution < 1.29 is 0 Å². The molecule has 1 heterocycles. The lowest BCUT2D eigenvalue weighted by molar-refractivity contribution is 0.437. The molecular formula is C11H17ClN2. The Balaban J connectivity index is 2.15. The molecule has 0 aliphatic heterocycles. The molecule has 0 saturated heterocycles. The molecule has 3 heteroatoms. The van der Waals surface area contributed by atoms with Gasteiger partial charge in [0.05, 0.1) is 11.7 Å². The summed E-state index contributed by atoms with van der Waals surface area (Å²) in [4.78, 5) is 0. The zero-order valence-electron chi connectivity index (χ0n) is 8.83. The Bertz CT molecular complexity index is 315. The van der Waals surface area contributed by atoms with Gasteiger partial charge in [-0.05, 0) is 38.2 Å². The van der Waals surface area contributed by atoms with Crippen molar-refractivity contribution >= 4 is 11.6 Å². The predicted octanol–water partition coefficient (Wildman–Crippen LogP) is 3.46. The fourth-order valence-electron chi connectivity index (χ4n) is 1.86. The fourth-order valence-corrected chi connectivity index (χ4v) is 2.18. The van der Waals surface area contributed by atoms with Crippen molar-refractivity contribution in [3.8, 4) is 0 Å². The molecule has 0 N–H and O–H groups in total. The number of aromatic nitrogens is 2. The fraction of sp³-hybridized carbons (Fsp3) is 0.727. The largest absolute Gasteiger partial charge is 0.251 e. The summed E-state index contributed by atoms with van der Waals surface area (Å²) in [6, 6.07) is 2.48. The van der Waals surface area contributed by atoms with Gasteiger partial charge < -0.3 is 0 Å². The van der Waals surface area contributed by atoms with Crippen molar-refractivity contribution in [1.82, 2.24) is 9.78 Å². The first-order valence-electron chi connectivity index (χ1n) is 5.46. The summed E-state index contributed by atoms with van der Waals surface area (Å²) in [6.07, 6.45) is 4.83. The normalized spacial score (nSPS) is 18.5. The summed E-state index contributed by atoms with van der Waals surface area (Å²) in [5, 5.41) is 5.34. The molecule has 1 aliphatic carbocycles. The van der Waals surface area contributed by atoms with Crippen molar-refractivity contribution in [2.75, 3.05) is 0 Å². The van der Waals surface area contributed by atoms with E-state index in [1.165, 1.54) is 12.8 Å². The topological polar surface area (TPSA) is 17.8 Å². The number of nitrogens with zero attached hydrogens (tertiary/aromatic N) is 2. The van der Waals surface area contributed by atoms with Crippen LogP contribution in [0.15, 0.2) is 6.07 Å². The third kappa shape index (κ3) is 1.95. The lowest BCUT2D eigenvalue weighted by atomic mass is 10.2. The third-order valence-corrected chi connectivity index (χ3v) is 3.22. The van der Waals surface area contributed by atoms with E-state index in [1.807, 2.05) is 10.7 Å². The van der Waals surface area contributed by atoms with Gasteiger partial charge in [0.15, 0.2) is 0 Å². The minimum absolute atomic E-state index is 0.480. The average Bonchev–Trinajstić information content (AvgIpc) is 2.91. The van der Waals surface area contributed by atoms with Crippen LogP contribution < -0.4 is 0 Å². The first-order chi connectivity index (χ1) is 6.72. The highest BCUT2D eigenvalue weighted by Crippen LogP contribution is 2.40. The highest BCUT2D eigenvalue weighted by molar-refractivity contribution is 6.29. The summed E-state index contributed by atoms with van der Waals surface area (Å²) in [6.45, 7) is 4.38. The molecule has 14 heavy (non-hydrogen) atoms. The van der Waals surface area contributed by atoms with E-state index in [-0.39, 0.29) is 0 Å². The van der Waals surface area contributed by atoms with Crippen LogP contribution in [-0.2, 0) is 6.42 Å². The molecule has 78 valence electrons. The zero-order chi connectivity index (χ0) is 10.1. The van der Waals surface area contributed by atoms with Crippen LogP contribution >= 0.6 is 11.6 Å². The van der Waals surface area contributed by atoms with Gasteiger partial charge in [-0.1, -0.05) is 24.9 Å². The Morgan fingerprint density at radius 3 is 2.93 bits per heavy atom. The SMILES string of the molecule is CCCc1cc(Cl)n(C(C)C2CC2)n1. The predicted molar refractivity (Wildman–Crippen MR) is 58.7 cm³/mol. The number of hydrogen-bond acceptors (Lipinski definition) is 1. The van der Waals surface area contributed by atoms with Gasteiger partial charge >= 0.3 is 0 Å². The molecule has 0 radical (unpaired) electrons. The van der Waals surface area contributed by atoms with E-state index in [4.69, 9.17) is 11.6 Å². The Morgan fingerprint density at radius 2 is 2.36 bits per heavy atom. The molecule has 1 atom stereocenters. The van der Waals surface area contributed by atoms with Crippen molar-refractivity contribution in [3.05, 3.63) is 16.9 Å². The van der Waals surface area contributed by atoms with Crippen LogP contribution in [0.3, 0.4) is 0 Å². The minimum Gasteiger partial charge on any atom is -0.251 e. The zero-order valence-corrected chi connectivity index (χ0v) is 9.59. The second-order valence-corrected chi connectivity index (χ2v) is 4.62. The van der Waals surface area contributed by atoms with Crippen molar-refractivity contribution in [1.29, 1.82) is 0 Å². The molecule has 0 amide bonds. The molecule has 2 rings (SSSR count). The molecule has 0 spiro atoms. The summed E-state index contributed by atoms with van der Waals surface area (Å²) < 4.78 is 1.99. The van der Waals surface area contributed by atoms with Crippen LogP contribution in [-0.4, -0.2) is 9.78 Å². The van der Waals surface area contributed by atoms with Gasteiger partial charge in [0.25, 0.3) is 0 Å².